The van der Waals surface area contributed by atoms with Crippen LogP contribution in [0.5, 0.6) is 11.5 Å². The van der Waals surface area contributed by atoms with Gasteiger partial charge in [0.05, 0.1) is 7.11 Å². The predicted molar refractivity (Wildman–Crippen MR) is 119 cm³/mol. The number of carbonyl (C=O) groups is 1. The van der Waals surface area contributed by atoms with Crippen LogP contribution < -0.4 is 14.8 Å². The number of carbonyl (C=O) groups excluding carboxylic acids is 1. The zero-order chi connectivity index (χ0) is 21.3. The van der Waals surface area contributed by atoms with Crippen molar-refractivity contribution in [2.75, 3.05) is 26.7 Å². The summed E-state index contributed by atoms with van der Waals surface area (Å²) in [6.07, 6.45) is 2.69. The van der Waals surface area contributed by atoms with Crippen LogP contribution in [-0.4, -0.2) is 37.7 Å². The molecule has 160 valence electrons. The van der Waals surface area contributed by atoms with E-state index in [9.17, 15) is 4.79 Å². The Labute approximate surface area is 179 Å². The van der Waals surface area contributed by atoms with E-state index in [1.807, 2.05) is 6.07 Å². The normalized spacial score (nSPS) is 17.3. The van der Waals surface area contributed by atoms with E-state index in [-0.39, 0.29) is 0 Å². The van der Waals surface area contributed by atoms with Crippen molar-refractivity contribution in [2.45, 2.75) is 46.1 Å². The molecule has 30 heavy (non-hydrogen) atoms. The Morgan fingerprint density at radius 1 is 1.23 bits per heavy atom. The highest BCUT2D eigenvalue weighted by Crippen LogP contribution is 2.51. The van der Waals surface area contributed by atoms with Crippen molar-refractivity contribution < 1.29 is 14.3 Å². The second-order valence-electron chi connectivity index (χ2n) is 8.68. The van der Waals surface area contributed by atoms with Crippen LogP contribution in [0.15, 0.2) is 30.3 Å². The number of amides is 1. The number of hydrogen-bond donors (Lipinski definition) is 1. The average Bonchev–Trinajstić information content (AvgIpc) is 2.74. The Bertz CT molecular complexity index is 938. The number of fused-ring (bicyclic) bond motifs is 2. The van der Waals surface area contributed by atoms with Crippen LogP contribution in [0, 0.1) is 5.92 Å². The van der Waals surface area contributed by atoms with E-state index in [4.69, 9.17) is 9.47 Å². The van der Waals surface area contributed by atoms with Gasteiger partial charge in [-0.15, -0.1) is 0 Å². The van der Waals surface area contributed by atoms with E-state index in [0.29, 0.717) is 30.0 Å². The molecule has 1 aliphatic carbocycles. The lowest BCUT2D eigenvalue weighted by Gasteiger charge is -2.42. The van der Waals surface area contributed by atoms with Gasteiger partial charge in [-0.2, -0.15) is 0 Å². The third-order valence-electron chi connectivity index (χ3n) is 6.11. The largest absolute Gasteiger partial charge is 0.493 e. The van der Waals surface area contributed by atoms with E-state index < -0.39 is 6.09 Å². The van der Waals surface area contributed by atoms with Crippen LogP contribution in [0.25, 0.3) is 11.1 Å². The fourth-order valence-electron chi connectivity index (χ4n) is 4.79. The standard InChI is InChI=1S/C25H32N2O3/c1-5-12-27-13-11-17-7-6-8-19-22(17)20(27)14-18-9-10-21(29-4)24(23(18)19)30-25(28)26-15-16(2)3/h6-10,16,20H,5,11-15H2,1-4H3,(H,26,28). The van der Waals surface area contributed by atoms with Crippen molar-refractivity contribution in [3.05, 3.63) is 47.0 Å². The van der Waals surface area contributed by atoms with Crippen LogP contribution in [0.4, 0.5) is 4.79 Å². The van der Waals surface area contributed by atoms with Crippen LogP contribution in [0.3, 0.4) is 0 Å². The van der Waals surface area contributed by atoms with Crippen molar-refractivity contribution in [1.29, 1.82) is 0 Å². The minimum Gasteiger partial charge on any atom is -0.493 e. The molecule has 0 bridgehead atoms. The molecule has 1 unspecified atom stereocenters. The maximum absolute atomic E-state index is 12.5. The van der Waals surface area contributed by atoms with Crippen molar-refractivity contribution in [2.24, 2.45) is 5.92 Å². The summed E-state index contributed by atoms with van der Waals surface area (Å²) in [5.74, 6) is 1.47. The maximum Gasteiger partial charge on any atom is 0.412 e. The third kappa shape index (κ3) is 3.79. The van der Waals surface area contributed by atoms with Gasteiger partial charge in [0.25, 0.3) is 0 Å². The van der Waals surface area contributed by atoms with Gasteiger partial charge in [-0.05, 0) is 60.0 Å². The second-order valence-corrected chi connectivity index (χ2v) is 8.68. The molecule has 4 rings (SSSR count). The van der Waals surface area contributed by atoms with Gasteiger partial charge in [0.15, 0.2) is 11.5 Å². The van der Waals surface area contributed by atoms with Crippen molar-refractivity contribution in [1.82, 2.24) is 10.2 Å². The van der Waals surface area contributed by atoms with Crippen LogP contribution in [-0.2, 0) is 12.8 Å². The number of methoxy groups -OCH3 is 1. The lowest BCUT2D eigenvalue weighted by Crippen LogP contribution is -2.39. The first-order valence-corrected chi connectivity index (χ1v) is 11.0. The van der Waals surface area contributed by atoms with Crippen molar-refractivity contribution in [3.63, 3.8) is 0 Å². The molecule has 0 radical (unpaired) electrons. The first-order valence-electron chi connectivity index (χ1n) is 11.0. The fraction of sp³-hybridized carbons (Fsp3) is 0.480. The molecule has 5 nitrogen and oxygen atoms in total. The maximum atomic E-state index is 12.5. The van der Waals surface area contributed by atoms with Gasteiger partial charge in [-0.25, -0.2) is 4.79 Å². The zero-order valence-electron chi connectivity index (χ0n) is 18.5. The summed E-state index contributed by atoms with van der Waals surface area (Å²) in [4.78, 5) is 15.1. The molecule has 0 fully saturated rings. The summed E-state index contributed by atoms with van der Waals surface area (Å²) in [7, 11) is 1.62. The lowest BCUT2D eigenvalue weighted by atomic mass is 9.76. The highest BCUT2D eigenvalue weighted by Gasteiger charge is 2.36. The van der Waals surface area contributed by atoms with Gasteiger partial charge in [0.2, 0.25) is 0 Å². The minimum absolute atomic E-state index is 0.357. The summed E-state index contributed by atoms with van der Waals surface area (Å²) >= 11 is 0. The van der Waals surface area contributed by atoms with E-state index in [1.54, 1.807) is 7.11 Å². The SMILES string of the molecule is CCCN1CCc2cccc3c2C1Cc1ccc(OC)c(OC(=O)NCC(C)C)c1-3. The molecule has 0 saturated carbocycles. The molecule has 1 aliphatic heterocycles. The highest BCUT2D eigenvalue weighted by atomic mass is 16.6. The molecule has 1 heterocycles. The Morgan fingerprint density at radius 2 is 2.07 bits per heavy atom. The number of rotatable bonds is 6. The smallest absolute Gasteiger partial charge is 0.412 e. The quantitative estimate of drug-likeness (QED) is 0.733. The lowest BCUT2D eigenvalue weighted by molar-refractivity contribution is 0.182. The summed E-state index contributed by atoms with van der Waals surface area (Å²) < 4.78 is 11.4. The Morgan fingerprint density at radius 3 is 2.80 bits per heavy atom. The van der Waals surface area contributed by atoms with Crippen LogP contribution in [0.1, 0.15) is 49.9 Å². The molecule has 0 aromatic heterocycles. The van der Waals surface area contributed by atoms with Crippen molar-refractivity contribution >= 4 is 6.09 Å². The number of ether oxygens (including phenoxy) is 2. The second kappa shape index (κ2) is 8.68. The molecule has 2 aliphatic rings. The molecule has 1 atom stereocenters. The van der Waals surface area contributed by atoms with Crippen LogP contribution in [0.2, 0.25) is 0 Å². The molecule has 2 aromatic rings. The molecule has 2 aromatic carbocycles. The Balaban J connectivity index is 1.79. The molecule has 1 amide bonds. The molecule has 0 spiro atoms. The van der Waals surface area contributed by atoms with Gasteiger partial charge < -0.3 is 14.8 Å². The molecule has 0 saturated heterocycles. The molecule has 5 heteroatoms. The minimum atomic E-state index is -0.435. The number of hydrogen-bond acceptors (Lipinski definition) is 4. The number of nitrogens with one attached hydrogen (secondary N) is 1. The topological polar surface area (TPSA) is 50.8 Å². The number of nitrogens with zero attached hydrogens (tertiary/aromatic N) is 1. The first kappa shape index (κ1) is 20.7. The highest BCUT2D eigenvalue weighted by molar-refractivity contribution is 5.85. The van der Waals surface area contributed by atoms with Gasteiger partial charge in [-0.1, -0.05) is 45.0 Å². The van der Waals surface area contributed by atoms with E-state index >= 15 is 0 Å². The Hall–Kier alpha value is -2.53. The van der Waals surface area contributed by atoms with E-state index in [1.165, 1.54) is 22.3 Å². The first-order chi connectivity index (χ1) is 14.5. The molecular formula is C25H32N2O3. The summed E-state index contributed by atoms with van der Waals surface area (Å²) in [6, 6.07) is 11.0. The monoisotopic (exact) mass is 408 g/mol. The number of benzene rings is 2. The van der Waals surface area contributed by atoms with E-state index in [0.717, 1.165) is 37.9 Å². The molecule has 1 N–H and O–H groups in total. The summed E-state index contributed by atoms with van der Waals surface area (Å²) in [6.45, 7) is 9.13. The van der Waals surface area contributed by atoms with E-state index in [2.05, 4.69) is 55.3 Å². The average molecular weight is 409 g/mol. The Kier molecular flexibility index (Phi) is 6.00. The van der Waals surface area contributed by atoms with Crippen molar-refractivity contribution in [3.8, 4) is 22.6 Å². The summed E-state index contributed by atoms with van der Waals surface area (Å²) in [5, 5.41) is 2.85. The van der Waals surface area contributed by atoms with Gasteiger partial charge >= 0.3 is 6.09 Å². The zero-order valence-corrected chi connectivity index (χ0v) is 18.5. The third-order valence-corrected chi connectivity index (χ3v) is 6.11. The van der Waals surface area contributed by atoms with Gasteiger partial charge in [-0.3, -0.25) is 4.90 Å². The molecular weight excluding hydrogens is 376 g/mol. The van der Waals surface area contributed by atoms with Gasteiger partial charge in [0.1, 0.15) is 0 Å². The van der Waals surface area contributed by atoms with Gasteiger partial charge in [0, 0.05) is 24.7 Å². The van der Waals surface area contributed by atoms with Crippen LogP contribution >= 0.6 is 0 Å². The fourth-order valence-corrected chi connectivity index (χ4v) is 4.79. The predicted octanol–water partition coefficient (Wildman–Crippen LogP) is 4.97. The summed E-state index contributed by atoms with van der Waals surface area (Å²) in [5.41, 5.74) is 6.18.